The number of amides is 1. The Hall–Kier alpha value is -3.05. The van der Waals surface area contributed by atoms with Crippen LogP contribution in [-0.4, -0.2) is 67.3 Å². The second kappa shape index (κ2) is 11.8. The molecule has 0 radical (unpaired) electrons. The number of carbonyl (C=O) groups is 1. The van der Waals surface area contributed by atoms with Gasteiger partial charge in [0.25, 0.3) is 0 Å². The standard InChI is InChI=1S/C28H37N5O4S/c1-3-9-32(10-4-2)28(35)24-11-22-7-5-20(12-25(22)31-27(30)14-24)21-6-8-23(15-29)26(13-21)38(36,37)33-16-19(17-33)18-34/h5-8,11-13,19,34H,3-4,9-10,14-18,29H2,1-2H3,(H2,30,31). The molecular weight excluding hydrogens is 502 g/mol. The highest BCUT2D eigenvalue weighted by Crippen LogP contribution is 2.35. The number of rotatable bonds is 10. The van der Waals surface area contributed by atoms with E-state index in [0.29, 0.717) is 54.4 Å². The van der Waals surface area contributed by atoms with Crippen molar-refractivity contribution in [3.63, 3.8) is 0 Å². The fourth-order valence-electron chi connectivity index (χ4n) is 4.88. The summed E-state index contributed by atoms with van der Waals surface area (Å²) in [6, 6.07) is 10.9. The van der Waals surface area contributed by atoms with Crippen LogP contribution in [0.3, 0.4) is 0 Å². The molecule has 10 heteroatoms. The average Bonchev–Trinajstić information content (AvgIpc) is 3.04. The van der Waals surface area contributed by atoms with Crippen molar-refractivity contribution in [2.24, 2.45) is 22.4 Å². The molecule has 0 unspecified atom stereocenters. The van der Waals surface area contributed by atoms with Crippen molar-refractivity contribution in [2.75, 3.05) is 32.8 Å². The maximum absolute atomic E-state index is 13.3. The predicted molar refractivity (Wildman–Crippen MR) is 150 cm³/mol. The summed E-state index contributed by atoms with van der Waals surface area (Å²) in [4.78, 5) is 19.9. The fraction of sp³-hybridized carbons (Fsp3) is 0.429. The third kappa shape index (κ3) is 5.68. The van der Waals surface area contributed by atoms with Crippen LogP contribution in [0.4, 0.5) is 5.69 Å². The Kier molecular flexibility index (Phi) is 8.67. The highest BCUT2D eigenvalue weighted by Gasteiger charge is 2.37. The molecule has 5 N–H and O–H groups in total. The van der Waals surface area contributed by atoms with E-state index in [4.69, 9.17) is 11.5 Å². The lowest BCUT2D eigenvalue weighted by molar-refractivity contribution is -0.127. The second-order valence-corrected chi connectivity index (χ2v) is 11.8. The van der Waals surface area contributed by atoms with Crippen LogP contribution in [0.1, 0.15) is 44.2 Å². The Balaban J connectivity index is 1.69. The highest BCUT2D eigenvalue weighted by molar-refractivity contribution is 7.89. The minimum absolute atomic E-state index is 0.0228. The van der Waals surface area contributed by atoms with Gasteiger partial charge in [0, 0.05) is 62.8 Å². The topological polar surface area (TPSA) is 142 Å². The predicted octanol–water partition coefficient (Wildman–Crippen LogP) is 2.85. The van der Waals surface area contributed by atoms with E-state index in [1.165, 1.54) is 4.31 Å². The molecule has 4 rings (SSSR count). The van der Waals surface area contributed by atoms with Crippen molar-refractivity contribution in [3.8, 4) is 11.1 Å². The average molecular weight is 540 g/mol. The van der Waals surface area contributed by atoms with E-state index in [1.54, 1.807) is 12.1 Å². The van der Waals surface area contributed by atoms with E-state index >= 15 is 0 Å². The molecule has 2 aliphatic rings. The lowest BCUT2D eigenvalue weighted by atomic mass is 10.00. The molecule has 2 aliphatic heterocycles. The zero-order chi connectivity index (χ0) is 27.4. The number of aliphatic hydroxyl groups is 1. The zero-order valence-electron chi connectivity index (χ0n) is 22.1. The lowest BCUT2D eigenvalue weighted by Crippen LogP contribution is -2.51. The zero-order valence-corrected chi connectivity index (χ0v) is 22.9. The number of hydrogen-bond donors (Lipinski definition) is 3. The van der Waals surface area contributed by atoms with Gasteiger partial charge in [0.15, 0.2) is 0 Å². The molecule has 38 heavy (non-hydrogen) atoms. The first kappa shape index (κ1) is 28.0. The van der Waals surface area contributed by atoms with Crippen LogP contribution in [0.2, 0.25) is 0 Å². The van der Waals surface area contributed by atoms with Crippen LogP contribution in [0.25, 0.3) is 17.2 Å². The lowest BCUT2D eigenvalue weighted by Gasteiger charge is -2.37. The van der Waals surface area contributed by atoms with Crippen LogP contribution < -0.4 is 11.5 Å². The first-order chi connectivity index (χ1) is 18.2. The molecule has 2 aromatic rings. The molecule has 0 bridgehead atoms. The van der Waals surface area contributed by atoms with Crippen molar-refractivity contribution in [1.82, 2.24) is 9.21 Å². The van der Waals surface area contributed by atoms with E-state index in [1.807, 2.05) is 35.2 Å². The Morgan fingerprint density at radius 2 is 1.76 bits per heavy atom. The van der Waals surface area contributed by atoms with Gasteiger partial charge < -0.3 is 21.5 Å². The summed E-state index contributed by atoms with van der Waals surface area (Å²) in [6.07, 6.45) is 3.88. The summed E-state index contributed by atoms with van der Waals surface area (Å²) < 4.78 is 28.0. The number of aliphatic imine (C=N–C) groups is 1. The molecule has 1 amide bonds. The number of benzene rings is 2. The van der Waals surface area contributed by atoms with Gasteiger partial charge in [-0.1, -0.05) is 38.1 Å². The van der Waals surface area contributed by atoms with Crippen molar-refractivity contribution in [2.45, 2.75) is 44.6 Å². The first-order valence-electron chi connectivity index (χ1n) is 13.1. The van der Waals surface area contributed by atoms with Crippen LogP contribution in [-0.2, 0) is 21.4 Å². The molecular formula is C28H37N5O4S. The number of nitrogens with zero attached hydrogens (tertiary/aromatic N) is 3. The van der Waals surface area contributed by atoms with Gasteiger partial charge in [0.1, 0.15) is 5.84 Å². The third-order valence-electron chi connectivity index (χ3n) is 6.96. The van der Waals surface area contributed by atoms with Crippen LogP contribution in [0.5, 0.6) is 0 Å². The van der Waals surface area contributed by atoms with Gasteiger partial charge in [-0.2, -0.15) is 4.31 Å². The van der Waals surface area contributed by atoms with Gasteiger partial charge >= 0.3 is 0 Å². The molecule has 0 atom stereocenters. The molecule has 2 heterocycles. The van der Waals surface area contributed by atoms with E-state index in [9.17, 15) is 18.3 Å². The number of carbonyl (C=O) groups excluding carboxylic acids is 1. The summed E-state index contributed by atoms with van der Waals surface area (Å²) >= 11 is 0. The van der Waals surface area contributed by atoms with Gasteiger partial charge in [-0.05, 0) is 47.7 Å². The number of fused-ring (bicyclic) bond motifs is 1. The summed E-state index contributed by atoms with van der Waals surface area (Å²) in [5.74, 6) is 0.292. The molecule has 204 valence electrons. The number of amidine groups is 1. The van der Waals surface area contributed by atoms with E-state index in [-0.39, 0.29) is 36.3 Å². The summed E-state index contributed by atoms with van der Waals surface area (Å²) in [5.41, 5.74) is 16.1. The number of hydrogen-bond acceptors (Lipinski definition) is 7. The monoisotopic (exact) mass is 539 g/mol. The smallest absolute Gasteiger partial charge is 0.250 e. The SMILES string of the molecule is CCCN(CCC)C(=O)C1=Cc2ccc(-c3ccc(CN)c(S(=O)(=O)N4CC(CO)C4)c3)cc2N=C(N)C1. The Morgan fingerprint density at radius 1 is 1.11 bits per heavy atom. The minimum Gasteiger partial charge on any atom is -0.396 e. The molecule has 0 aliphatic carbocycles. The number of nitrogens with two attached hydrogens (primary N) is 2. The van der Waals surface area contributed by atoms with E-state index in [0.717, 1.165) is 24.0 Å². The number of sulfonamides is 1. The van der Waals surface area contributed by atoms with Crippen LogP contribution in [0.15, 0.2) is 51.9 Å². The van der Waals surface area contributed by atoms with E-state index < -0.39 is 10.0 Å². The minimum atomic E-state index is -3.74. The molecule has 9 nitrogen and oxygen atoms in total. The quantitative estimate of drug-likeness (QED) is 0.424. The van der Waals surface area contributed by atoms with Crippen molar-refractivity contribution in [1.29, 1.82) is 0 Å². The maximum Gasteiger partial charge on any atom is 0.250 e. The Bertz CT molecular complexity index is 1360. The fourth-order valence-corrected chi connectivity index (χ4v) is 6.73. The third-order valence-corrected chi connectivity index (χ3v) is 8.88. The molecule has 0 aromatic heterocycles. The van der Waals surface area contributed by atoms with Gasteiger partial charge in [0.2, 0.25) is 15.9 Å². The second-order valence-electron chi connectivity index (χ2n) is 9.91. The van der Waals surface area contributed by atoms with E-state index in [2.05, 4.69) is 18.8 Å². The molecule has 2 aromatic carbocycles. The van der Waals surface area contributed by atoms with Crippen LogP contribution >= 0.6 is 0 Å². The van der Waals surface area contributed by atoms with Gasteiger partial charge in [-0.3, -0.25) is 4.79 Å². The Morgan fingerprint density at radius 3 is 2.39 bits per heavy atom. The molecule has 1 fully saturated rings. The highest BCUT2D eigenvalue weighted by atomic mass is 32.2. The first-order valence-corrected chi connectivity index (χ1v) is 14.6. The summed E-state index contributed by atoms with van der Waals surface area (Å²) in [6.45, 7) is 6.12. The van der Waals surface area contributed by atoms with Gasteiger partial charge in [0.05, 0.1) is 10.6 Å². The van der Waals surface area contributed by atoms with Gasteiger partial charge in [-0.25, -0.2) is 13.4 Å². The van der Waals surface area contributed by atoms with Crippen LogP contribution in [0, 0.1) is 5.92 Å². The van der Waals surface area contributed by atoms with Crippen molar-refractivity contribution >= 4 is 33.5 Å². The van der Waals surface area contributed by atoms with Gasteiger partial charge in [-0.15, -0.1) is 0 Å². The molecule has 1 saturated heterocycles. The number of aliphatic hydroxyl groups excluding tert-OH is 1. The summed E-state index contributed by atoms with van der Waals surface area (Å²) in [7, 11) is -3.74. The van der Waals surface area contributed by atoms with Crippen molar-refractivity contribution in [3.05, 3.63) is 53.1 Å². The Labute approximate surface area is 224 Å². The molecule has 0 saturated carbocycles. The maximum atomic E-state index is 13.3. The van der Waals surface area contributed by atoms with Crippen molar-refractivity contribution < 1.29 is 18.3 Å². The summed E-state index contributed by atoms with van der Waals surface area (Å²) in [5, 5.41) is 9.30. The largest absolute Gasteiger partial charge is 0.396 e. The normalized spacial score (nSPS) is 16.2. The molecule has 0 spiro atoms.